The molecule has 2 fully saturated rings. The van der Waals surface area contributed by atoms with Crippen LogP contribution >= 0.6 is 15.0 Å². The Labute approximate surface area is 417 Å². The highest BCUT2D eigenvalue weighted by atomic mass is 32.5. The second-order valence-corrected chi connectivity index (χ2v) is 33.2. The van der Waals surface area contributed by atoms with Crippen molar-refractivity contribution in [1.82, 2.24) is 34.1 Å². The van der Waals surface area contributed by atoms with Gasteiger partial charge < -0.3 is 47.3 Å². The van der Waals surface area contributed by atoms with Crippen molar-refractivity contribution in [2.45, 2.75) is 133 Å². The second-order valence-electron chi connectivity index (χ2n) is 20.0. The molecule has 5 aromatic rings. The lowest BCUT2D eigenvalue weighted by Crippen LogP contribution is -2.50. The molecule has 2 saturated heterocycles. The Balaban J connectivity index is 1.28. The van der Waals surface area contributed by atoms with E-state index in [2.05, 4.69) is 30.2 Å². The predicted octanol–water partition coefficient (Wildman–Crippen LogP) is 7.12. The average molecular weight is 1080 g/mol. The lowest BCUT2D eigenvalue weighted by molar-refractivity contribution is -0.0575. The van der Waals surface area contributed by atoms with Gasteiger partial charge in [-0.15, -0.1) is 9.42 Å². The molecule has 1 amide bonds. The number of hydrogen-bond donors (Lipinski definition) is 4. The molecular formula is C43H59FN9O13P2SSi2+. The molecule has 4 aromatic heterocycles. The number of halogens is 1. The third kappa shape index (κ3) is 11.6. The molecule has 1 aromatic carbocycles. The van der Waals surface area contributed by atoms with E-state index in [1.165, 1.54) is 21.8 Å². The smallest absolute Gasteiger partial charge is 0.408 e. The van der Waals surface area contributed by atoms with Crippen LogP contribution in [0.4, 0.5) is 10.2 Å². The number of amides is 1. The summed E-state index contributed by atoms with van der Waals surface area (Å²) in [4.78, 5) is 56.3. The third-order valence-electron chi connectivity index (χ3n) is 13.3. The number of aliphatic hydroxyl groups is 1. The standard InChI is InChI=1S/C43H58FN9O13P2SSi2/c1-42(2,3)70(7,8)65-32-27(20-54)61-40(53-24-50-30-35(46-22-48-37(30)53)51-38(55)25-15-12-11-13-16-25)33(32)64-68(69,59-18-14-17-45)60-21-28-31(63-67(57)58)34(66-71(9,10)43(4,5)6)41(62-28)52-19-26(44)29-36(52)47-23-49-39(29)56/h11-13,15-16,19,22-24,27-28,31-34,40-41,54H,14,18,20-21H2,1-10H3,(H2-,46,47,48,49,51,55,56,57,58)/p+1/t27-,28-,31-,32?,33-,34?,40-,41-,68?/m1/s1. The molecule has 4 unspecified atom stereocenters. The van der Waals surface area contributed by atoms with Crippen LogP contribution in [0.3, 0.4) is 0 Å². The number of aliphatic hydroxyl groups excluding tert-OH is 1. The first kappa shape index (κ1) is 54.6. The van der Waals surface area contributed by atoms with Crippen LogP contribution in [-0.2, 0) is 52.8 Å². The van der Waals surface area contributed by atoms with Gasteiger partial charge in [-0.25, -0.2) is 24.3 Å². The van der Waals surface area contributed by atoms with Gasteiger partial charge in [0, 0.05) is 16.3 Å². The van der Waals surface area contributed by atoms with Crippen LogP contribution in [0.2, 0.25) is 36.3 Å². The van der Waals surface area contributed by atoms with Crippen LogP contribution in [0.15, 0.2) is 60.3 Å². The van der Waals surface area contributed by atoms with Crippen molar-refractivity contribution >= 4 is 77.3 Å². The molecule has 7 rings (SSSR count). The first-order valence-corrected chi connectivity index (χ1v) is 32.1. The van der Waals surface area contributed by atoms with Crippen molar-refractivity contribution in [3.8, 4) is 6.07 Å². The van der Waals surface area contributed by atoms with Gasteiger partial charge in [0.1, 0.15) is 42.2 Å². The molecule has 0 spiro atoms. The molecule has 0 aliphatic carbocycles. The van der Waals surface area contributed by atoms with Crippen molar-refractivity contribution in [2.75, 3.05) is 25.1 Å². The highest BCUT2D eigenvalue weighted by molar-refractivity contribution is 8.07. The van der Waals surface area contributed by atoms with Gasteiger partial charge in [-0.05, 0) is 60.2 Å². The van der Waals surface area contributed by atoms with E-state index in [1.807, 2.05) is 73.8 Å². The van der Waals surface area contributed by atoms with E-state index in [0.29, 0.717) is 5.56 Å². The Morgan fingerprint density at radius 3 is 2.23 bits per heavy atom. The maximum atomic E-state index is 15.6. The van der Waals surface area contributed by atoms with Crippen molar-refractivity contribution in [3.63, 3.8) is 0 Å². The number of rotatable bonds is 19. The van der Waals surface area contributed by atoms with Crippen LogP contribution in [0.25, 0.3) is 22.2 Å². The molecular weight excluding hydrogens is 1020 g/mol. The molecule has 6 heterocycles. The Bertz CT molecular complexity index is 2900. The van der Waals surface area contributed by atoms with Gasteiger partial charge in [-0.1, -0.05) is 59.7 Å². The van der Waals surface area contributed by atoms with Crippen LogP contribution in [0.5, 0.6) is 0 Å². The summed E-state index contributed by atoms with van der Waals surface area (Å²) in [6, 6.07) is 10.6. The summed E-state index contributed by atoms with van der Waals surface area (Å²) < 4.78 is 83.2. The number of carbonyl (C=O) groups excluding carboxylic acids is 1. The Morgan fingerprint density at radius 2 is 1.59 bits per heavy atom. The zero-order valence-corrected chi connectivity index (χ0v) is 45.4. The van der Waals surface area contributed by atoms with Crippen LogP contribution < -0.4 is 10.9 Å². The highest BCUT2D eigenvalue weighted by Crippen LogP contribution is 2.56. The van der Waals surface area contributed by atoms with Crippen LogP contribution in [-0.4, -0.2) is 123 Å². The van der Waals surface area contributed by atoms with Crippen molar-refractivity contribution < 1.29 is 60.2 Å². The van der Waals surface area contributed by atoms with E-state index in [0.717, 1.165) is 12.5 Å². The van der Waals surface area contributed by atoms with Crippen LogP contribution in [0, 0.1) is 17.1 Å². The van der Waals surface area contributed by atoms with E-state index in [9.17, 15) is 29.4 Å². The molecule has 384 valence electrons. The molecule has 28 heteroatoms. The molecule has 2 aliphatic heterocycles. The van der Waals surface area contributed by atoms with Gasteiger partial charge in [-0.3, -0.25) is 18.7 Å². The minimum absolute atomic E-state index is 0.0939. The maximum absolute atomic E-state index is 15.6. The normalized spacial score (nSPS) is 24.3. The van der Waals surface area contributed by atoms with E-state index in [4.69, 9.17) is 48.2 Å². The number of imidazole rings is 1. The minimum Gasteiger partial charge on any atom is -0.408 e. The Hall–Kier alpha value is -4.14. The van der Waals surface area contributed by atoms with Crippen molar-refractivity contribution in [3.05, 3.63) is 77.2 Å². The number of anilines is 1. The third-order valence-corrected chi connectivity index (χ3v) is 25.0. The molecule has 71 heavy (non-hydrogen) atoms. The zero-order valence-electron chi connectivity index (χ0n) is 40.8. The number of aromatic nitrogens is 7. The number of nitrogens with zero attached hydrogens (tertiary/aromatic N) is 7. The molecule has 0 bridgehead atoms. The topological polar surface area (TPSA) is 279 Å². The largest absolute Gasteiger partial charge is 0.695 e. The van der Waals surface area contributed by atoms with Gasteiger partial charge in [0.05, 0.1) is 45.0 Å². The lowest BCUT2D eigenvalue weighted by Gasteiger charge is -2.41. The van der Waals surface area contributed by atoms with Gasteiger partial charge in [0.15, 0.2) is 63.6 Å². The predicted molar refractivity (Wildman–Crippen MR) is 265 cm³/mol. The maximum Gasteiger partial charge on any atom is 0.695 e. The molecule has 0 saturated carbocycles. The van der Waals surface area contributed by atoms with E-state index >= 15 is 4.39 Å². The molecule has 0 radical (unpaired) electrons. The SMILES string of the molecule is CC(C)(C)[Si](C)(C)OC1[C@@H](OP(=S)(OCCC#N)OC[C@H]2O[C@@H](n3cc(F)c4c(=O)[nH]cnc43)C(O[Si](C)(C)C(C)(C)C)[C@@H]2O[P+](=O)O)[C@H](n2cnc3c(NC(=O)c4ccccc4)ncnc32)O[C@@H]1CO. The highest BCUT2D eigenvalue weighted by Gasteiger charge is 2.57. The van der Waals surface area contributed by atoms with E-state index in [-0.39, 0.29) is 46.1 Å². The lowest BCUT2D eigenvalue weighted by atomic mass is 10.1. The Morgan fingerprint density at radius 1 is 0.944 bits per heavy atom. The molecule has 22 nitrogen and oxygen atoms in total. The molecule has 10 atom stereocenters. The summed E-state index contributed by atoms with van der Waals surface area (Å²) in [6.07, 6.45) is -5.11. The number of H-pyrrole nitrogens is 1. The fourth-order valence-corrected chi connectivity index (χ4v) is 12.7. The van der Waals surface area contributed by atoms with Crippen molar-refractivity contribution in [1.29, 1.82) is 5.26 Å². The number of fused-ring (bicyclic) bond motifs is 2. The van der Waals surface area contributed by atoms with Crippen LogP contribution in [0.1, 0.15) is 70.8 Å². The van der Waals surface area contributed by atoms with Crippen molar-refractivity contribution in [2.24, 2.45) is 0 Å². The minimum atomic E-state index is -4.17. The summed E-state index contributed by atoms with van der Waals surface area (Å²) in [6.45, 7) is 14.4. The quantitative estimate of drug-likeness (QED) is 0.0364. The number of benzene rings is 1. The molecule has 2 aliphatic rings. The van der Waals surface area contributed by atoms with Gasteiger partial charge in [-0.2, -0.15) is 5.26 Å². The fourth-order valence-electron chi connectivity index (χ4n) is 7.55. The summed E-state index contributed by atoms with van der Waals surface area (Å²) in [5.41, 5.74) is -0.0629. The zero-order chi connectivity index (χ0) is 51.8. The number of ether oxygens (including phenoxy) is 2. The first-order valence-electron chi connectivity index (χ1n) is 22.6. The number of aromatic amines is 1. The number of nitrogens with one attached hydrogen (secondary N) is 2. The molecule has 4 N–H and O–H groups in total. The summed E-state index contributed by atoms with van der Waals surface area (Å²) in [5.74, 6) is -1.24. The Kier molecular flexibility index (Phi) is 16.4. The van der Waals surface area contributed by atoms with E-state index < -0.39 is 116 Å². The van der Waals surface area contributed by atoms with E-state index in [1.54, 1.807) is 30.3 Å². The average Bonchev–Trinajstić information content (AvgIpc) is 4.05. The number of carbonyl (C=O) groups is 1. The second kappa shape index (κ2) is 21.4. The van der Waals surface area contributed by atoms with Gasteiger partial charge in [0.2, 0.25) is 0 Å². The summed E-state index contributed by atoms with van der Waals surface area (Å²) in [7, 11) is -8.90. The van der Waals surface area contributed by atoms with Gasteiger partial charge in [0.25, 0.3) is 11.5 Å². The summed E-state index contributed by atoms with van der Waals surface area (Å²) >= 11 is 6.16. The summed E-state index contributed by atoms with van der Waals surface area (Å²) in [5, 5.41) is 22.2. The first-order chi connectivity index (χ1) is 33.3. The number of nitriles is 1. The number of hydrogen-bond acceptors (Lipinski definition) is 18. The fraction of sp³-hybridized carbons (Fsp3) is 0.558. The monoisotopic (exact) mass is 1080 g/mol. The van der Waals surface area contributed by atoms with Gasteiger partial charge >= 0.3 is 15.0 Å².